The van der Waals surface area contributed by atoms with Crippen LogP contribution in [0.2, 0.25) is 0 Å². The first-order valence-corrected chi connectivity index (χ1v) is 15.0. The van der Waals surface area contributed by atoms with E-state index >= 15 is 0 Å². The van der Waals surface area contributed by atoms with Crippen molar-refractivity contribution in [2.75, 3.05) is 33.2 Å². The summed E-state index contributed by atoms with van der Waals surface area (Å²) in [6, 6.07) is -5.04. The van der Waals surface area contributed by atoms with Gasteiger partial charge in [-0.15, -0.1) is 0 Å². The van der Waals surface area contributed by atoms with Crippen molar-refractivity contribution >= 4 is 59.8 Å². The molecule has 0 rings (SSSR count). The van der Waals surface area contributed by atoms with E-state index in [1.165, 1.54) is 37.8 Å². The Morgan fingerprint density at radius 3 is 1.91 bits per heavy atom. The summed E-state index contributed by atoms with van der Waals surface area (Å²) in [6.45, 7) is 1.80. The van der Waals surface area contributed by atoms with E-state index in [-0.39, 0.29) is 44.6 Å². The van der Waals surface area contributed by atoms with Gasteiger partial charge in [-0.2, -0.15) is 11.8 Å². The highest BCUT2D eigenvalue weighted by Gasteiger charge is 2.35. The number of aliphatic carboxylic acids is 3. The van der Waals surface area contributed by atoms with Crippen LogP contribution in [0.5, 0.6) is 0 Å². The third-order valence-corrected chi connectivity index (χ3v) is 7.51. The number of ketones is 1. The zero-order valence-electron chi connectivity index (χ0n) is 25.4. The zero-order chi connectivity index (χ0) is 34.0. The second-order valence-electron chi connectivity index (χ2n) is 9.94. The lowest BCUT2D eigenvalue weighted by Gasteiger charge is -2.34. The SMILES string of the molecule is CN[C@@H](CCC(=O)CC[C@H](NC(=O)N[C@@H](CCC(=O)O)OC=O)C(=O)O)C(=O)N(C)C(CC(=O)O)C(=O)N(C)[C@H](C)CSC. The van der Waals surface area contributed by atoms with Crippen molar-refractivity contribution in [3.05, 3.63) is 0 Å². The lowest BCUT2D eigenvalue weighted by atomic mass is 10.0. The quantitative estimate of drug-likeness (QED) is 0.0594. The Morgan fingerprint density at radius 2 is 1.43 bits per heavy atom. The average molecular weight is 650 g/mol. The van der Waals surface area contributed by atoms with Gasteiger partial charge in [-0.25, -0.2) is 9.59 Å². The van der Waals surface area contributed by atoms with Gasteiger partial charge in [0.2, 0.25) is 11.8 Å². The molecule has 1 unspecified atom stereocenters. The van der Waals surface area contributed by atoms with Gasteiger partial charge in [-0.3, -0.25) is 28.8 Å². The van der Waals surface area contributed by atoms with E-state index in [1.54, 1.807) is 6.92 Å². The third-order valence-electron chi connectivity index (χ3n) is 6.69. The van der Waals surface area contributed by atoms with E-state index in [0.717, 1.165) is 4.90 Å². The minimum atomic E-state index is -1.52. The van der Waals surface area contributed by atoms with Crippen LogP contribution in [0.1, 0.15) is 51.9 Å². The van der Waals surface area contributed by atoms with Crippen LogP contribution in [0.15, 0.2) is 0 Å². The Balaban J connectivity index is 5.23. The summed E-state index contributed by atoms with van der Waals surface area (Å²) in [5.74, 6) is -4.91. The molecule has 5 atom stereocenters. The Labute approximate surface area is 259 Å². The van der Waals surface area contributed by atoms with E-state index in [1.807, 2.05) is 6.26 Å². The number of rotatable bonds is 23. The smallest absolute Gasteiger partial charge is 0.326 e. The van der Waals surface area contributed by atoms with Crippen molar-refractivity contribution in [1.82, 2.24) is 25.8 Å². The number of thioether (sulfide) groups is 1. The molecule has 0 fully saturated rings. The van der Waals surface area contributed by atoms with Crippen molar-refractivity contribution in [3.63, 3.8) is 0 Å². The van der Waals surface area contributed by atoms with E-state index in [9.17, 15) is 48.6 Å². The van der Waals surface area contributed by atoms with Gasteiger partial charge in [-0.1, -0.05) is 0 Å². The first kappa shape index (κ1) is 40.1. The Kier molecular flexibility index (Phi) is 19.0. The summed E-state index contributed by atoms with van der Waals surface area (Å²) in [5, 5.41) is 34.6. The fourth-order valence-electron chi connectivity index (χ4n) is 3.99. The first-order chi connectivity index (χ1) is 20.6. The van der Waals surface area contributed by atoms with Gasteiger partial charge >= 0.3 is 23.9 Å². The Bertz CT molecular complexity index is 1030. The number of Topliss-reactive ketones (excluding diaryl/α,β-unsaturated/α-hetero) is 1. The molecule has 0 aromatic rings. The molecule has 0 bridgehead atoms. The van der Waals surface area contributed by atoms with Crippen LogP contribution in [-0.2, 0) is 38.3 Å². The Morgan fingerprint density at radius 1 is 0.841 bits per heavy atom. The summed E-state index contributed by atoms with van der Waals surface area (Å²) < 4.78 is 4.58. The summed E-state index contributed by atoms with van der Waals surface area (Å²) in [5.41, 5.74) is 0. The number of carboxylic acid groups (broad SMARTS) is 3. The van der Waals surface area contributed by atoms with Gasteiger partial charge in [0, 0.05) is 45.2 Å². The molecule has 0 aliphatic carbocycles. The number of carbonyl (C=O) groups excluding carboxylic acids is 5. The third kappa shape index (κ3) is 15.0. The molecule has 44 heavy (non-hydrogen) atoms. The fourth-order valence-corrected chi connectivity index (χ4v) is 4.69. The van der Waals surface area contributed by atoms with Crippen LogP contribution in [-0.4, -0.2) is 137 Å². The molecular weight excluding hydrogens is 606 g/mol. The number of carbonyl (C=O) groups is 8. The Hall–Kier alpha value is -3.93. The lowest BCUT2D eigenvalue weighted by molar-refractivity contribution is -0.150. The predicted octanol–water partition coefficient (Wildman–Crippen LogP) is -0.668. The maximum absolute atomic E-state index is 13.2. The van der Waals surface area contributed by atoms with E-state index in [0.29, 0.717) is 5.75 Å². The fraction of sp³-hybridized carbons (Fsp3) is 0.692. The maximum Gasteiger partial charge on any atom is 0.326 e. The number of amides is 4. The second-order valence-corrected chi connectivity index (χ2v) is 10.8. The average Bonchev–Trinajstić information content (AvgIpc) is 2.95. The number of urea groups is 1. The summed E-state index contributed by atoms with van der Waals surface area (Å²) in [4.78, 5) is 97.9. The number of hydrogen-bond donors (Lipinski definition) is 6. The van der Waals surface area contributed by atoms with Gasteiger partial charge in [0.05, 0.1) is 18.9 Å². The molecule has 0 saturated heterocycles. The van der Waals surface area contributed by atoms with E-state index in [4.69, 9.17) is 5.11 Å². The standard InChI is InChI=1S/C26H43N5O12S/c1-15(13-44-5)30(3)24(39)19(12-22(36)37)31(4)23(38)17(27-2)8-6-16(33)7-9-18(25(40)41)28-26(42)29-20(43-14-32)10-11-21(34)35/h14-15,17-20,27H,6-13H2,1-5H3,(H,34,35)(H,36,37)(H,40,41)(H2,28,29,42)/t15-,17+,18+,19?,20-/m1/s1. The molecule has 0 saturated carbocycles. The first-order valence-electron chi connectivity index (χ1n) is 13.6. The monoisotopic (exact) mass is 649 g/mol. The molecule has 0 aliphatic rings. The van der Waals surface area contributed by atoms with Gasteiger partial charge < -0.3 is 45.8 Å². The van der Waals surface area contributed by atoms with Gasteiger partial charge in [0.15, 0.2) is 6.23 Å². The molecule has 18 heteroatoms. The zero-order valence-corrected chi connectivity index (χ0v) is 26.3. The van der Waals surface area contributed by atoms with Crippen LogP contribution < -0.4 is 16.0 Å². The minimum absolute atomic E-state index is 0.00298. The van der Waals surface area contributed by atoms with Crippen LogP contribution >= 0.6 is 11.8 Å². The molecule has 4 amide bonds. The summed E-state index contributed by atoms with van der Waals surface area (Å²) in [7, 11) is 4.31. The molecular formula is C26H43N5O12S. The van der Waals surface area contributed by atoms with Crippen LogP contribution in [0, 0.1) is 0 Å². The number of nitrogens with zero attached hydrogens (tertiary/aromatic N) is 2. The number of hydrogen-bond acceptors (Lipinski definition) is 11. The van der Waals surface area contributed by atoms with Gasteiger partial charge in [0.1, 0.15) is 17.9 Å². The number of likely N-dealkylation sites (N-methyl/N-ethyl adjacent to an activating group) is 3. The topological polar surface area (TPSA) is 249 Å². The molecule has 6 N–H and O–H groups in total. The maximum atomic E-state index is 13.2. The molecule has 0 heterocycles. The second kappa shape index (κ2) is 20.9. The van der Waals surface area contributed by atoms with E-state index in [2.05, 4.69) is 20.7 Å². The highest BCUT2D eigenvalue weighted by molar-refractivity contribution is 7.98. The minimum Gasteiger partial charge on any atom is -0.481 e. The lowest BCUT2D eigenvalue weighted by Crippen LogP contribution is -2.55. The molecule has 17 nitrogen and oxygen atoms in total. The highest BCUT2D eigenvalue weighted by Crippen LogP contribution is 2.15. The normalized spacial score (nSPS) is 14.1. The van der Waals surface area contributed by atoms with Crippen molar-refractivity contribution in [2.24, 2.45) is 0 Å². The largest absolute Gasteiger partial charge is 0.481 e. The van der Waals surface area contributed by atoms with Crippen LogP contribution in [0.4, 0.5) is 4.79 Å². The van der Waals surface area contributed by atoms with Crippen molar-refractivity contribution < 1.29 is 58.4 Å². The summed E-state index contributed by atoms with van der Waals surface area (Å²) in [6.07, 6.45) is -1.59. The molecule has 0 aromatic heterocycles. The summed E-state index contributed by atoms with van der Waals surface area (Å²) >= 11 is 1.51. The van der Waals surface area contributed by atoms with Gasteiger partial charge in [0.25, 0.3) is 6.47 Å². The number of carboxylic acids is 3. The van der Waals surface area contributed by atoms with Crippen molar-refractivity contribution in [2.45, 2.75) is 82.3 Å². The van der Waals surface area contributed by atoms with Crippen LogP contribution in [0.25, 0.3) is 0 Å². The molecule has 0 spiro atoms. The molecule has 250 valence electrons. The van der Waals surface area contributed by atoms with Crippen molar-refractivity contribution in [1.29, 1.82) is 0 Å². The van der Waals surface area contributed by atoms with Crippen molar-refractivity contribution in [3.8, 4) is 0 Å². The predicted molar refractivity (Wildman–Crippen MR) is 157 cm³/mol. The van der Waals surface area contributed by atoms with Gasteiger partial charge in [-0.05, 0) is 33.1 Å². The van der Waals surface area contributed by atoms with Crippen LogP contribution in [0.3, 0.4) is 0 Å². The number of nitrogens with one attached hydrogen (secondary N) is 3. The van der Waals surface area contributed by atoms with E-state index < -0.39 is 78.7 Å². The molecule has 0 aliphatic heterocycles. The molecule has 0 aromatic carbocycles. The molecule has 0 radical (unpaired) electrons. The number of ether oxygens (including phenoxy) is 1. The highest BCUT2D eigenvalue weighted by atomic mass is 32.2.